The predicted molar refractivity (Wildman–Crippen MR) is 44.4 cm³/mol. The van der Waals surface area contributed by atoms with E-state index in [4.69, 9.17) is 5.73 Å². The molecule has 1 aromatic heterocycles. The monoisotopic (exact) mass is 171 g/mol. The summed E-state index contributed by atoms with van der Waals surface area (Å²) in [6.07, 6.45) is 3.76. The summed E-state index contributed by atoms with van der Waals surface area (Å²) in [5.74, 6) is 0. The van der Waals surface area contributed by atoms with E-state index in [1.165, 1.54) is 0 Å². The number of hydrogen-bond acceptors (Lipinski definition) is 3. The van der Waals surface area contributed by atoms with Crippen molar-refractivity contribution in [3.63, 3.8) is 0 Å². The summed E-state index contributed by atoms with van der Waals surface area (Å²) in [4.78, 5) is 0. The Morgan fingerprint density at radius 3 is 2.64 bits per heavy atom. The molecule has 0 saturated heterocycles. The molecule has 1 heterocycles. The van der Waals surface area contributed by atoms with Gasteiger partial charge in [-0.1, -0.05) is 0 Å². The molecule has 2 rings (SSSR count). The number of nitrogens with two attached hydrogens (primary N) is 1. The van der Waals surface area contributed by atoms with Gasteiger partial charge in [0.15, 0.2) is 0 Å². The van der Waals surface area contributed by atoms with Crippen molar-refractivity contribution in [3.05, 3.63) is 24.0 Å². The van der Waals surface area contributed by atoms with Crippen molar-refractivity contribution in [2.24, 2.45) is 5.73 Å². The molecule has 1 fully saturated rings. The average molecular weight is 172 g/mol. The molecule has 0 unspecified atom stereocenters. The molecule has 11 heavy (non-hydrogen) atoms. The molecule has 0 radical (unpaired) electrons. The van der Waals surface area contributed by atoms with E-state index in [9.17, 15) is 0 Å². The number of nitrogens with zero attached hydrogens (tertiary/aromatic N) is 2. The number of rotatable bonds is 1. The molecule has 0 amide bonds. The molecule has 0 atom stereocenters. The van der Waals surface area contributed by atoms with Crippen LogP contribution in [-0.4, -0.2) is 10.2 Å². The summed E-state index contributed by atoms with van der Waals surface area (Å²) in [6.45, 7) is 0. The first-order valence-corrected chi connectivity index (χ1v) is 3.38. The lowest BCUT2D eigenvalue weighted by molar-refractivity contribution is 0.687. The molecule has 0 aliphatic heterocycles. The van der Waals surface area contributed by atoms with Gasteiger partial charge in [-0.05, 0) is 25.0 Å². The highest BCUT2D eigenvalue weighted by Crippen LogP contribution is 2.40. The van der Waals surface area contributed by atoms with Crippen molar-refractivity contribution >= 4 is 12.4 Å². The van der Waals surface area contributed by atoms with Crippen molar-refractivity contribution in [3.8, 4) is 0 Å². The third-order valence-electron chi connectivity index (χ3n) is 1.87. The predicted octanol–water partition coefficient (Wildman–Crippen LogP) is 0.846. The van der Waals surface area contributed by atoms with Crippen LogP contribution in [0.5, 0.6) is 0 Å². The fourth-order valence-electron chi connectivity index (χ4n) is 0.958. The van der Waals surface area contributed by atoms with Crippen molar-refractivity contribution in [1.82, 2.24) is 10.2 Å². The number of hydrogen-bond donors (Lipinski definition) is 1. The van der Waals surface area contributed by atoms with Crippen LogP contribution in [0.15, 0.2) is 18.3 Å². The Morgan fingerprint density at radius 1 is 1.45 bits per heavy atom. The van der Waals surface area contributed by atoms with E-state index in [0.717, 1.165) is 18.5 Å². The maximum Gasteiger partial charge on any atom is 0.0829 e. The Hall–Kier alpha value is -0.670. The largest absolute Gasteiger partial charge is 0.320 e. The summed E-state index contributed by atoms with van der Waals surface area (Å²) in [5, 5.41) is 7.70. The summed E-state index contributed by atoms with van der Waals surface area (Å²) in [7, 11) is 0. The molecule has 1 aliphatic rings. The lowest BCUT2D eigenvalue weighted by Gasteiger charge is -2.03. The number of halogens is 1. The molecule has 1 aromatic rings. The lowest BCUT2D eigenvalue weighted by Crippen LogP contribution is -2.20. The summed E-state index contributed by atoms with van der Waals surface area (Å²) >= 11 is 0. The van der Waals surface area contributed by atoms with E-state index in [-0.39, 0.29) is 17.9 Å². The van der Waals surface area contributed by atoms with Crippen LogP contribution in [0.1, 0.15) is 18.5 Å². The van der Waals surface area contributed by atoms with Gasteiger partial charge in [-0.3, -0.25) is 0 Å². The minimum absolute atomic E-state index is 0. The SMILES string of the molecule is Cl.NC1(c2cccnn2)CC1. The van der Waals surface area contributed by atoms with Crippen LogP contribution in [0, 0.1) is 0 Å². The number of aromatic nitrogens is 2. The van der Waals surface area contributed by atoms with Crippen LogP contribution in [0.3, 0.4) is 0 Å². The van der Waals surface area contributed by atoms with Crippen LogP contribution in [0.2, 0.25) is 0 Å². The first-order chi connectivity index (χ1) is 4.81. The highest BCUT2D eigenvalue weighted by atomic mass is 35.5. The zero-order valence-corrected chi connectivity index (χ0v) is 6.84. The smallest absolute Gasteiger partial charge is 0.0829 e. The quantitative estimate of drug-likeness (QED) is 0.682. The van der Waals surface area contributed by atoms with Gasteiger partial charge in [0.05, 0.1) is 11.2 Å². The zero-order valence-electron chi connectivity index (χ0n) is 6.03. The maximum atomic E-state index is 5.87. The van der Waals surface area contributed by atoms with E-state index in [1.54, 1.807) is 6.20 Å². The minimum Gasteiger partial charge on any atom is -0.320 e. The van der Waals surface area contributed by atoms with E-state index in [0.29, 0.717) is 0 Å². The van der Waals surface area contributed by atoms with Crippen LogP contribution >= 0.6 is 12.4 Å². The summed E-state index contributed by atoms with van der Waals surface area (Å²) < 4.78 is 0. The third-order valence-corrected chi connectivity index (χ3v) is 1.87. The van der Waals surface area contributed by atoms with E-state index in [1.807, 2.05) is 12.1 Å². The van der Waals surface area contributed by atoms with Crippen LogP contribution in [0.4, 0.5) is 0 Å². The molecule has 2 N–H and O–H groups in total. The lowest BCUT2D eigenvalue weighted by atomic mass is 10.2. The Bertz CT molecular complexity index is 233. The van der Waals surface area contributed by atoms with Crippen molar-refractivity contribution in [2.45, 2.75) is 18.4 Å². The van der Waals surface area contributed by atoms with Crippen molar-refractivity contribution in [2.75, 3.05) is 0 Å². The van der Waals surface area contributed by atoms with Gasteiger partial charge in [0.25, 0.3) is 0 Å². The minimum atomic E-state index is -0.131. The van der Waals surface area contributed by atoms with Crippen LogP contribution in [-0.2, 0) is 5.54 Å². The Balaban J connectivity index is 0.000000605. The average Bonchev–Trinajstić information content (AvgIpc) is 2.72. The Labute approximate surface area is 71.4 Å². The standard InChI is InChI=1S/C7H9N3.ClH/c8-7(3-4-7)6-2-1-5-9-10-6;/h1-2,5H,3-4,8H2;1H. The second kappa shape index (κ2) is 2.75. The molecule has 4 heteroatoms. The fraction of sp³-hybridized carbons (Fsp3) is 0.429. The summed E-state index contributed by atoms with van der Waals surface area (Å²) in [6, 6.07) is 3.80. The molecule has 0 bridgehead atoms. The van der Waals surface area contributed by atoms with Gasteiger partial charge in [0, 0.05) is 6.20 Å². The second-order valence-electron chi connectivity index (χ2n) is 2.77. The van der Waals surface area contributed by atoms with Gasteiger partial charge in [0.2, 0.25) is 0 Å². The molecule has 60 valence electrons. The molecular formula is C7H10ClN3. The first-order valence-electron chi connectivity index (χ1n) is 3.38. The van der Waals surface area contributed by atoms with Crippen molar-refractivity contribution in [1.29, 1.82) is 0 Å². The maximum absolute atomic E-state index is 5.87. The van der Waals surface area contributed by atoms with E-state index in [2.05, 4.69) is 10.2 Å². The zero-order chi connectivity index (χ0) is 7.03. The molecule has 1 saturated carbocycles. The highest BCUT2D eigenvalue weighted by Gasteiger charge is 2.41. The van der Waals surface area contributed by atoms with Gasteiger partial charge >= 0.3 is 0 Å². The van der Waals surface area contributed by atoms with Gasteiger partial charge < -0.3 is 5.73 Å². The molecule has 0 spiro atoms. The fourth-order valence-corrected chi connectivity index (χ4v) is 0.958. The second-order valence-corrected chi connectivity index (χ2v) is 2.77. The summed E-state index contributed by atoms with van der Waals surface area (Å²) in [5.41, 5.74) is 6.66. The van der Waals surface area contributed by atoms with Gasteiger partial charge in [0.1, 0.15) is 0 Å². The Morgan fingerprint density at radius 2 is 2.18 bits per heavy atom. The van der Waals surface area contributed by atoms with Crippen LogP contribution in [0.25, 0.3) is 0 Å². The Kier molecular flexibility index (Phi) is 2.11. The van der Waals surface area contributed by atoms with E-state index < -0.39 is 0 Å². The van der Waals surface area contributed by atoms with E-state index >= 15 is 0 Å². The molecule has 1 aliphatic carbocycles. The van der Waals surface area contributed by atoms with Gasteiger partial charge in [-0.25, -0.2) is 0 Å². The topological polar surface area (TPSA) is 51.8 Å². The van der Waals surface area contributed by atoms with Gasteiger partial charge in [-0.2, -0.15) is 10.2 Å². The molecular weight excluding hydrogens is 162 g/mol. The first kappa shape index (κ1) is 8.43. The van der Waals surface area contributed by atoms with Crippen molar-refractivity contribution < 1.29 is 0 Å². The third kappa shape index (κ3) is 1.49. The normalized spacial score (nSPS) is 18.6. The molecule has 0 aromatic carbocycles. The van der Waals surface area contributed by atoms with Gasteiger partial charge in [-0.15, -0.1) is 12.4 Å². The molecule has 3 nitrogen and oxygen atoms in total. The highest BCUT2D eigenvalue weighted by molar-refractivity contribution is 5.85. The van der Waals surface area contributed by atoms with Crippen LogP contribution < -0.4 is 5.73 Å².